The van der Waals surface area contributed by atoms with Crippen molar-refractivity contribution in [2.75, 3.05) is 0 Å². The van der Waals surface area contributed by atoms with E-state index in [4.69, 9.17) is 5.73 Å². The SMILES string of the molecule is CC(C)[C@@H](NC(=O)[C@@H](Cc1ccc(O)cc1)NC(=O)[C@@H](C)NC(=O)[C@H](N)Cc1ccc(O)cc1)C(=O)O. The topological polar surface area (TPSA) is 191 Å². The van der Waals surface area contributed by atoms with Crippen LogP contribution in [0.15, 0.2) is 48.5 Å². The van der Waals surface area contributed by atoms with Crippen LogP contribution in [-0.2, 0) is 32.0 Å². The highest BCUT2D eigenvalue weighted by Crippen LogP contribution is 2.13. The molecule has 0 aliphatic heterocycles. The number of phenols is 2. The van der Waals surface area contributed by atoms with Crippen molar-refractivity contribution in [1.29, 1.82) is 0 Å². The molecule has 11 heteroatoms. The molecule has 0 fully saturated rings. The molecule has 200 valence electrons. The van der Waals surface area contributed by atoms with Gasteiger partial charge in [0, 0.05) is 6.42 Å². The number of amides is 3. The van der Waals surface area contributed by atoms with Crippen LogP contribution in [-0.4, -0.2) is 63.2 Å². The average molecular weight is 515 g/mol. The van der Waals surface area contributed by atoms with Gasteiger partial charge in [0.05, 0.1) is 6.04 Å². The predicted octanol–water partition coefficient (Wildman–Crippen LogP) is 0.425. The number of benzene rings is 2. The molecule has 0 saturated heterocycles. The van der Waals surface area contributed by atoms with E-state index in [-0.39, 0.29) is 24.3 Å². The Morgan fingerprint density at radius 3 is 1.68 bits per heavy atom. The van der Waals surface area contributed by atoms with Crippen molar-refractivity contribution >= 4 is 23.7 Å². The summed E-state index contributed by atoms with van der Waals surface area (Å²) in [5, 5.41) is 35.9. The highest BCUT2D eigenvalue weighted by atomic mass is 16.4. The van der Waals surface area contributed by atoms with Crippen molar-refractivity contribution in [2.24, 2.45) is 11.7 Å². The molecule has 4 atom stereocenters. The number of nitrogens with one attached hydrogen (secondary N) is 3. The second-order valence-electron chi connectivity index (χ2n) is 9.21. The second-order valence-corrected chi connectivity index (χ2v) is 9.21. The van der Waals surface area contributed by atoms with Gasteiger partial charge in [-0.2, -0.15) is 0 Å². The lowest BCUT2D eigenvalue weighted by atomic mass is 10.0. The standard InChI is InChI=1S/C26H34N4O7/c1-14(2)22(26(36)37)30-25(35)21(13-17-6-10-19(32)11-7-17)29-23(33)15(3)28-24(34)20(27)12-16-4-8-18(31)9-5-16/h4-11,14-15,20-22,31-32H,12-13,27H2,1-3H3,(H,28,34)(H,29,33)(H,30,35)(H,36,37)/t15-,20-,21-,22-/m1/s1. The molecule has 37 heavy (non-hydrogen) atoms. The summed E-state index contributed by atoms with van der Waals surface area (Å²) in [5.74, 6) is -3.45. The minimum atomic E-state index is -1.21. The molecule has 0 unspecified atom stereocenters. The highest BCUT2D eigenvalue weighted by Gasteiger charge is 2.30. The van der Waals surface area contributed by atoms with Gasteiger partial charge < -0.3 is 37.0 Å². The molecule has 2 aromatic rings. The fourth-order valence-corrected chi connectivity index (χ4v) is 3.51. The first-order valence-electron chi connectivity index (χ1n) is 11.8. The Bertz CT molecular complexity index is 1090. The summed E-state index contributed by atoms with van der Waals surface area (Å²) < 4.78 is 0. The van der Waals surface area contributed by atoms with Gasteiger partial charge in [-0.15, -0.1) is 0 Å². The van der Waals surface area contributed by atoms with Crippen molar-refractivity contribution in [3.8, 4) is 11.5 Å². The van der Waals surface area contributed by atoms with Crippen LogP contribution in [0.4, 0.5) is 0 Å². The van der Waals surface area contributed by atoms with Crippen LogP contribution >= 0.6 is 0 Å². The van der Waals surface area contributed by atoms with Crippen LogP contribution in [0.1, 0.15) is 31.9 Å². The fourth-order valence-electron chi connectivity index (χ4n) is 3.51. The average Bonchev–Trinajstić information content (AvgIpc) is 2.84. The van der Waals surface area contributed by atoms with Crippen molar-refractivity contribution in [3.63, 3.8) is 0 Å². The number of hydrogen-bond acceptors (Lipinski definition) is 7. The minimum absolute atomic E-state index is 0.0172. The zero-order chi connectivity index (χ0) is 27.7. The predicted molar refractivity (Wildman–Crippen MR) is 136 cm³/mol. The third-order valence-corrected chi connectivity index (χ3v) is 5.72. The van der Waals surface area contributed by atoms with Gasteiger partial charge in [0.2, 0.25) is 17.7 Å². The van der Waals surface area contributed by atoms with E-state index in [1.165, 1.54) is 31.2 Å². The van der Waals surface area contributed by atoms with Crippen LogP contribution in [0, 0.1) is 5.92 Å². The summed E-state index contributed by atoms with van der Waals surface area (Å²) in [6, 6.07) is 7.90. The molecule has 0 aromatic heterocycles. The van der Waals surface area contributed by atoms with Crippen molar-refractivity contribution in [1.82, 2.24) is 16.0 Å². The van der Waals surface area contributed by atoms with Gasteiger partial charge in [-0.05, 0) is 54.7 Å². The monoisotopic (exact) mass is 514 g/mol. The first-order valence-corrected chi connectivity index (χ1v) is 11.8. The Morgan fingerprint density at radius 1 is 0.730 bits per heavy atom. The van der Waals surface area contributed by atoms with Crippen LogP contribution < -0.4 is 21.7 Å². The van der Waals surface area contributed by atoms with Crippen molar-refractivity contribution in [3.05, 3.63) is 59.7 Å². The van der Waals surface area contributed by atoms with E-state index < -0.39 is 53.8 Å². The molecule has 0 heterocycles. The van der Waals surface area contributed by atoms with Crippen LogP contribution in [0.5, 0.6) is 11.5 Å². The number of nitrogens with two attached hydrogens (primary N) is 1. The smallest absolute Gasteiger partial charge is 0.326 e. The van der Waals surface area contributed by atoms with Crippen molar-refractivity contribution in [2.45, 2.75) is 57.8 Å². The first-order chi connectivity index (χ1) is 17.4. The van der Waals surface area contributed by atoms with E-state index in [2.05, 4.69) is 16.0 Å². The summed E-state index contributed by atoms with van der Waals surface area (Å²) >= 11 is 0. The summed E-state index contributed by atoms with van der Waals surface area (Å²) in [4.78, 5) is 50.0. The molecule has 2 aromatic carbocycles. The lowest BCUT2D eigenvalue weighted by Crippen LogP contribution is -2.57. The molecular weight excluding hydrogens is 480 g/mol. The van der Waals surface area contributed by atoms with E-state index in [0.29, 0.717) is 5.56 Å². The van der Waals surface area contributed by atoms with E-state index in [0.717, 1.165) is 5.56 Å². The molecular formula is C26H34N4O7. The van der Waals surface area contributed by atoms with Crippen molar-refractivity contribution < 1.29 is 34.5 Å². The van der Waals surface area contributed by atoms with E-state index in [1.54, 1.807) is 38.1 Å². The number of carbonyl (C=O) groups is 4. The largest absolute Gasteiger partial charge is 0.508 e. The number of aliphatic carboxylic acids is 1. The Hall–Kier alpha value is -4.12. The number of aromatic hydroxyl groups is 2. The summed E-state index contributed by atoms with van der Waals surface area (Å²) in [5.41, 5.74) is 7.30. The van der Waals surface area contributed by atoms with Gasteiger partial charge in [-0.25, -0.2) is 4.79 Å². The van der Waals surface area contributed by atoms with Gasteiger partial charge in [0.25, 0.3) is 0 Å². The molecule has 0 aliphatic rings. The van der Waals surface area contributed by atoms with Crippen LogP contribution in [0.25, 0.3) is 0 Å². The molecule has 0 aliphatic carbocycles. The van der Waals surface area contributed by atoms with E-state index >= 15 is 0 Å². The maximum atomic E-state index is 13.0. The van der Waals surface area contributed by atoms with Gasteiger partial charge >= 0.3 is 5.97 Å². The molecule has 3 amide bonds. The van der Waals surface area contributed by atoms with Crippen LogP contribution in [0.2, 0.25) is 0 Å². The minimum Gasteiger partial charge on any atom is -0.508 e. The molecule has 0 saturated carbocycles. The summed E-state index contributed by atoms with van der Waals surface area (Å²) in [7, 11) is 0. The highest BCUT2D eigenvalue weighted by molar-refractivity contribution is 5.94. The Kier molecular flexibility index (Phi) is 10.4. The van der Waals surface area contributed by atoms with Gasteiger partial charge in [-0.1, -0.05) is 38.1 Å². The Labute approximate surface area is 215 Å². The lowest BCUT2D eigenvalue weighted by Gasteiger charge is -2.25. The molecule has 0 spiro atoms. The Morgan fingerprint density at radius 2 is 1.22 bits per heavy atom. The van der Waals surface area contributed by atoms with E-state index in [9.17, 15) is 34.5 Å². The Balaban J connectivity index is 2.08. The van der Waals surface area contributed by atoms with Gasteiger partial charge in [0.15, 0.2) is 0 Å². The zero-order valence-electron chi connectivity index (χ0n) is 21.0. The lowest BCUT2D eigenvalue weighted by molar-refractivity contribution is -0.143. The number of carbonyl (C=O) groups excluding carboxylic acids is 3. The number of carboxylic acid groups (broad SMARTS) is 1. The molecule has 11 nitrogen and oxygen atoms in total. The normalized spacial score (nSPS) is 14.2. The number of rotatable bonds is 12. The maximum absolute atomic E-state index is 13.0. The van der Waals surface area contributed by atoms with Gasteiger partial charge in [-0.3, -0.25) is 14.4 Å². The summed E-state index contributed by atoms with van der Waals surface area (Å²) in [6.45, 7) is 4.72. The number of phenolic OH excluding ortho intramolecular Hbond substituents is 2. The maximum Gasteiger partial charge on any atom is 0.326 e. The molecule has 8 N–H and O–H groups in total. The zero-order valence-corrected chi connectivity index (χ0v) is 21.0. The van der Waals surface area contributed by atoms with E-state index in [1.807, 2.05) is 0 Å². The van der Waals surface area contributed by atoms with Gasteiger partial charge in [0.1, 0.15) is 29.6 Å². The molecule has 0 bridgehead atoms. The van der Waals surface area contributed by atoms with Crippen LogP contribution in [0.3, 0.4) is 0 Å². The molecule has 2 rings (SSSR count). The third-order valence-electron chi connectivity index (χ3n) is 5.72. The fraction of sp³-hybridized carbons (Fsp3) is 0.385. The third kappa shape index (κ3) is 9.12. The molecule has 0 radical (unpaired) electrons. The first kappa shape index (κ1) is 29.1. The quantitative estimate of drug-likeness (QED) is 0.212. The number of carboxylic acids is 1. The number of hydrogen-bond donors (Lipinski definition) is 7. The second kappa shape index (κ2) is 13.3. The summed E-state index contributed by atoms with van der Waals surface area (Å²) in [6.07, 6.45) is 0.196.